The van der Waals surface area contributed by atoms with Crippen LogP contribution < -0.4 is 0 Å². The van der Waals surface area contributed by atoms with Crippen LogP contribution >= 0.6 is 0 Å². The van der Waals surface area contributed by atoms with Crippen LogP contribution in [0.25, 0.3) is 11.3 Å². The van der Waals surface area contributed by atoms with Gasteiger partial charge in [0.15, 0.2) is 5.78 Å². The molecule has 8 nitrogen and oxygen atoms in total. The van der Waals surface area contributed by atoms with E-state index in [1.165, 1.54) is 13.0 Å². The summed E-state index contributed by atoms with van der Waals surface area (Å²) in [7, 11) is 0. The number of rotatable bonds is 6. The highest BCUT2D eigenvalue weighted by Crippen LogP contribution is 2.23. The Morgan fingerprint density at radius 3 is 2.36 bits per heavy atom. The predicted molar refractivity (Wildman–Crippen MR) is 104 cm³/mol. The number of Topliss-reactive ketones (excluding diaryl/α,β-unsaturated/α-hetero) is 1. The van der Waals surface area contributed by atoms with Gasteiger partial charge in [0.2, 0.25) is 5.91 Å². The van der Waals surface area contributed by atoms with E-state index in [0.29, 0.717) is 31.9 Å². The molecule has 1 amide bonds. The van der Waals surface area contributed by atoms with Gasteiger partial charge in [0.05, 0.1) is 23.6 Å². The third kappa shape index (κ3) is 4.77. The minimum absolute atomic E-state index is 0.0310. The first-order valence-corrected chi connectivity index (χ1v) is 9.13. The Morgan fingerprint density at radius 2 is 1.75 bits per heavy atom. The molecule has 1 aromatic carbocycles. The third-order valence-corrected chi connectivity index (χ3v) is 4.80. The Balaban J connectivity index is 1.71. The second-order valence-electron chi connectivity index (χ2n) is 6.78. The summed E-state index contributed by atoms with van der Waals surface area (Å²) in [4.78, 5) is 42.9. The Labute approximate surface area is 162 Å². The van der Waals surface area contributed by atoms with Crippen molar-refractivity contribution in [2.24, 2.45) is 0 Å². The molecule has 0 saturated carbocycles. The van der Waals surface area contributed by atoms with Crippen LogP contribution in [0, 0.1) is 10.1 Å². The molecule has 3 rings (SSSR count). The van der Waals surface area contributed by atoms with E-state index >= 15 is 0 Å². The minimum Gasteiger partial charge on any atom is -0.340 e. The predicted octanol–water partition coefficient (Wildman–Crippen LogP) is 1.93. The smallest absolute Gasteiger partial charge is 0.291 e. The summed E-state index contributed by atoms with van der Waals surface area (Å²) in [5, 5.41) is 11.3. The standard InChI is InChI=1S/C20H22N4O4/c1-15(25)23-11-9-22(10-12-23)14-17(26)13-19-20(24(27)28)8-7-18(21-19)16-5-3-2-4-6-16/h2-8H,9-14H2,1H3. The van der Waals surface area contributed by atoms with E-state index in [2.05, 4.69) is 4.98 Å². The lowest BCUT2D eigenvalue weighted by Crippen LogP contribution is -2.49. The van der Waals surface area contributed by atoms with Gasteiger partial charge in [-0.1, -0.05) is 30.3 Å². The molecule has 8 heteroatoms. The maximum atomic E-state index is 12.5. The van der Waals surface area contributed by atoms with Crippen molar-refractivity contribution in [2.45, 2.75) is 13.3 Å². The first-order chi connectivity index (χ1) is 13.4. The topological polar surface area (TPSA) is 96.7 Å². The summed E-state index contributed by atoms with van der Waals surface area (Å²) in [5.74, 6) is -0.0967. The lowest BCUT2D eigenvalue weighted by molar-refractivity contribution is -0.385. The van der Waals surface area contributed by atoms with Gasteiger partial charge in [0, 0.05) is 44.7 Å². The first-order valence-electron chi connectivity index (χ1n) is 9.13. The van der Waals surface area contributed by atoms with Crippen LogP contribution in [0.3, 0.4) is 0 Å². The molecule has 0 radical (unpaired) electrons. The molecule has 2 aromatic rings. The van der Waals surface area contributed by atoms with Crippen LogP contribution in [-0.4, -0.2) is 64.1 Å². The highest BCUT2D eigenvalue weighted by molar-refractivity contribution is 5.83. The summed E-state index contributed by atoms with van der Waals surface area (Å²) in [6.07, 6.45) is -0.0933. The van der Waals surface area contributed by atoms with Gasteiger partial charge in [-0.25, -0.2) is 4.98 Å². The molecule has 1 saturated heterocycles. The van der Waals surface area contributed by atoms with Gasteiger partial charge in [-0.2, -0.15) is 0 Å². The second-order valence-corrected chi connectivity index (χ2v) is 6.78. The lowest BCUT2D eigenvalue weighted by Gasteiger charge is -2.33. The van der Waals surface area contributed by atoms with Crippen molar-refractivity contribution in [2.75, 3.05) is 32.7 Å². The summed E-state index contributed by atoms with van der Waals surface area (Å²) in [5.41, 5.74) is 1.48. The number of pyridine rings is 1. The van der Waals surface area contributed by atoms with Gasteiger partial charge < -0.3 is 4.90 Å². The fourth-order valence-electron chi connectivity index (χ4n) is 3.27. The highest BCUT2D eigenvalue weighted by atomic mass is 16.6. The Morgan fingerprint density at radius 1 is 1.07 bits per heavy atom. The third-order valence-electron chi connectivity index (χ3n) is 4.80. The number of amides is 1. The van der Waals surface area contributed by atoms with E-state index in [4.69, 9.17) is 0 Å². The number of carbonyl (C=O) groups is 2. The van der Waals surface area contributed by atoms with E-state index in [9.17, 15) is 19.7 Å². The summed E-state index contributed by atoms with van der Waals surface area (Å²) >= 11 is 0. The number of nitrogens with zero attached hydrogens (tertiary/aromatic N) is 4. The quantitative estimate of drug-likeness (QED) is 0.559. The van der Waals surface area contributed by atoms with Crippen LogP contribution in [0.1, 0.15) is 12.6 Å². The van der Waals surface area contributed by atoms with Gasteiger partial charge in [0.25, 0.3) is 5.69 Å². The van der Waals surface area contributed by atoms with Gasteiger partial charge in [-0.05, 0) is 6.07 Å². The SMILES string of the molecule is CC(=O)N1CCN(CC(=O)Cc2nc(-c3ccccc3)ccc2[N+](=O)[O-])CC1. The van der Waals surface area contributed by atoms with Gasteiger partial charge >= 0.3 is 0 Å². The number of ketones is 1. The summed E-state index contributed by atoms with van der Waals surface area (Å²) < 4.78 is 0. The van der Waals surface area contributed by atoms with Gasteiger partial charge in [-0.3, -0.25) is 24.6 Å². The Kier molecular flexibility index (Phi) is 6.10. The monoisotopic (exact) mass is 382 g/mol. The largest absolute Gasteiger partial charge is 0.340 e. The van der Waals surface area contributed by atoms with Crippen molar-refractivity contribution in [1.29, 1.82) is 0 Å². The number of piperazine rings is 1. The maximum absolute atomic E-state index is 12.5. The molecule has 1 aliphatic heterocycles. The van der Waals surface area contributed by atoms with Crippen molar-refractivity contribution >= 4 is 17.4 Å². The summed E-state index contributed by atoms with van der Waals surface area (Å²) in [6, 6.07) is 12.4. The normalized spacial score (nSPS) is 14.7. The molecule has 28 heavy (non-hydrogen) atoms. The number of carbonyl (C=O) groups excluding carboxylic acids is 2. The van der Waals surface area contributed by atoms with Crippen LogP contribution in [0.5, 0.6) is 0 Å². The number of benzene rings is 1. The van der Waals surface area contributed by atoms with Gasteiger partial charge in [0.1, 0.15) is 5.69 Å². The molecule has 2 heterocycles. The van der Waals surface area contributed by atoms with E-state index in [-0.39, 0.29) is 36.0 Å². The van der Waals surface area contributed by atoms with Crippen LogP contribution in [0.4, 0.5) is 5.69 Å². The molecule has 0 aliphatic carbocycles. The lowest BCUT2D eigenvalue weighted by atomic mass is 10.1. The molecule has 0 spiro atoms. The van der Waals surface area contributed by atoms with Crippen LogP contribution in [-0.2, 0) is 16.0 Å². The van der Waals surface area contributed by atoms with E-state index in [0.717, 1.165) is 5.56 Å². The van der Waals surface area contributed by atoms with Crippen molar-refractivity contribution in [3.05, 3.63) is 58.3 Å². The van der Waals surface area contributed by atoms with E-state index < -0.39 is 4.92 Å². The Bertz CT molecular complexity index is 877. The van der Waals surface area contributed by atoms with Crippen LogP contribution in [0.2, 0.25) is 0 Å². The van der Waals surface area contributed by atoms with E-state index in [1.54, 1.807) is 11.0 Å². The Hall–Kier alpha value is -3.13. The second kappa shape index (κ2) is 8.71. The van der Waals surface area contributed by atoms with Crippen molar-refractivity contribution in [3.63, 3.8) is 0 Å². The van der Waals surface area contributed by atoms with Crippen molar-refractivity contribution < 1.29 is 14.5 Å². The number of hydrogen-bond acceptors (Lipinski definition) is 6. The number of aromatic nitrogens is 1. The average Bonchev–Trinajstić information content (AvgIpc) is 2.68. The van der Waals surface area contributed by atoms with E-state index in [1.807, 2.05) is 35.2 Å². The molecule has 0 unspecified atom stereocenters. The zero-order valence-corrected chi connectivity index (χ0v) is 15.7. The molecule has 0 atom stereocenters. The van der Waals surface area contributed by atoms with Crippen molar-refractivity contribution in [1.82, 2.24) is 14.8 Å². The average molecular weight is 382 g/mol. The molecule has 1 fully saturated rings. The van der Waals surface area contributed by atoms with Crippen LogP contribution in [0.15, 0.2) is 42.5 Å². The molecular formula is C20H22N4O4. The molecule has 1 aromatic heterocycles. The molecule has 146 valence electrons. The van der Waals surface area contributed by atoms with Crippen molar-refractivity contribution in [3.8, 4) is 11.3 Å². The highest BCUT2D eigenvalue weighted by Gasteiger charge is 2.23. The summed E-state index contributed by atoms with van der Waals surface area (Å²) in [6.45, 7) is 4.14. The minimum atomic E-state index is -0.504. The molecule has 0 bridgehead atoms. The molecule has 1 aliphatic rings. The fourth-order valence-corrected chi connectivity index (χ4v) is 3.27. The zero-order chi connectivity index (χ0) is 20.1. The molecular weight excluding hydrogens is 360 g/mol. The fraction of sp³-hybridized carbons (Fsp3) is 0.350. The number of nitro groups is 1. The zero-order valence-electron chi connectivity index (χ0n) is 15.7. The number of hydrogen-bond donors (Lipinski definition) is 0. The molecule has 0 N–H and O–H groups in total. The van der Waals surface area contributed by atoms with Gasteiger partial charge in [-0.15, -0.1) is 0 Å². The first kappa shape index (κ1) is 19.6. The maximum Gasteiger partial charge on any atom is 0.291 e.